The van der Waals surface area contributed by atoms with Gasteiger partial charge >= 0.3 is 6.09 Å². The average molecular weight is 411 g/mol. The number of rotatable bonds is 5. The summed E-state index contributed by atoms with van der Waals surface area (Å²) in [5.41, 5.74) is 1.97. The Balaban J connectivity index is 1.97. The van der Waals surface area contributed by atoms with Crippen molar-refractivity contribution < 1.29 is 9.53 Å². The SMILES string of the molecule is CCc1csc(CCc2ccnc(NC(=O)OC(C)(C)C)c2)c1Br. The Morgan fingerprint density at radius 1 is 1.38 bits per heavy atom. The number of hydrogen-bond donors (Lipinski definition) is 1. The monoisotopic (exact) mass is 410 g/mol. The van der Waals surface area contributed by atoms with E-state index >= 15 is 0 Å². The highest BCUT2D eigenvalue weighted by molar-refractivity contribution is 9.10. The van der Waals surface area contributed by atoms with Gasteiger partial charge in [-0.3, -0.25) is 5.32 Å². The van der Waals surface area contributed by atoms with Crippen LogP contribution in [-0.2, 0) is 24.0 Å². The molecule has 4 nitrogen and oxygen atoms in total. The molecule has 0 aliphatic heterocycles. The molecule has 1 amide bonds. The number of anilines is 1. The summed E-state index contributed by atoms with van der Waals surface area (Å²) in [6.45, 7) is 7.66. The molecule has 0 saturated carbocycles. The van der Waals surface area contributed by atoms with Crippen LogP contribution in [0.2, 0.25) is 0 Å². The highest BCUT2D eigenvalue weighted by Crippen LogP contribution is 2.30. The van der Waals surface area contributed by atoms with E-state index in [0.717, 1.165) is 24.8 Å². The molecule has 0 aliphatic rings. The number of ether oxygens (including phenoxy) is 1. The second kappa shape index (κ2) is 8.12. The molecule has 2 aromatic heterocycles. The van der Waals surface area contributed by atoms with Crippen LogP contribution in [0.5, 0.6) is 0 Å². The Labute approximate surface area is 155 Å². The molecule has 130 valence electrons. The molecule has 0 bridgehead atoms. The van der Waals surface area contributed by atoms with Crippen molar-refractivity contribution in [1.29, 1.82) is 0 Å². The number of aromatic nitrogens is 1. The van der Waals surface area contributed by atoms with Crippen molar-refractivity contribution in [3.05, 3.63) is 44.2 Å². The first-order valence-corrected chi connectivity index (χ1v) is 9.65. The predicted molar refractivity (Wildman–Crippen MR) is 103 cm³/mol. The highest BCUT2D eigenvalue weighted by Gasteiger charge is 2.16. The van der Waals surface area contributed by atoms with Gasteiger partial charge in [-0.05, 0) is 84.6 Å². The van der Waals surface area contributed by atoms with Crippen molar-refractivity contribution in [3.8, 4) is 0 Å². The van der Waals surface area contributed by atoms with Crippen LogP contribution in [0.1, 0.15) is 43.7 Å². The molecule has 0 atom stereocenters. The fourth-order valence-corrected chi connectivity index (χ4v) is 4.24. The van der Waals surface area contributed by atoms with Crippen molar-refractivity contribution >= 4 is 39.2 Å². The van der Waals surface area contributed by atoms with E-state index in [0.29, 0.717) is 5.82 Å². The maximum absolute atomic E-state index is 11.8. The molecule has 2 heterocycles. The quantitative estimate of drug-likeness (QED) is 0.697. The molecule has 1 N–H and O–H groups in total. The van der Waals surface area contributed by atoms with Gasteiger partial charge < -0.3 is 4.74 Å². The summed E-state index contributed by atoms with van der Waals surface area (Å²) in [4.78, 5) is 17.4. The zero-order valence-electron chi connectivity index (χ0n) is 14.5. The van der Waals surface area contributed by atoms with Crippen LogP contribution in [0.3, 0.4) is 0 Å². The van der Waals surface area contributed by atoms with Crippen molar-refractivity contribution in [1.82, 2.24) is 4.98 Å². The number of carbonyl (C=O) groups is 1. The molecule has 24 heavy (non-hydrogen) atoms. The molecular weight excluding hydrogens is 388 g/mol. The fraction of sp³-hybridized carbons (Fsp3) is 0.444. The summed E-state index contributed by atoms with van der Waals surface area (Å²) >= 11 is 5.47. The lowest BCUT2D eigenvalue weighted by Crippen LogP contribution is -2.27. The smallest absolute Gasteiger partial charge is 0.413 e. The van der Waals surface area contributed by atoms with E-state index in [9.17, 15) is 4.79 Å². The zero-order valence-corrected chi connectivity index (χ0v) is 16.9. The fourth-order valence-electron chi connectivity index (χ4n) is 2.20. The molecule has 0 unspecified atom stereocenters. The van der Waals surface area contributed by atoms with Gasteiger partial charge in [0.25, 0.3) is 0 Å². The van der Waals surface area contributed by atoms with Crippen molar-refractivity contribution in [3.63, 3.8) is 0 Å². The molecule has 0 spiro atoms. The summed E-state index contributed by atoms with van der Waals surface area (Å²) in [6.07, 6.45) is 4.12. The minimum Gasteiger partial charge on any atom is -0.444 e. The number of carbonyl (C=O) groups excluding carboxylic acids is 1. The largest absolute Gasteiger partial charge is 0.444 e. The Kier molecular flexibility index (Phi) is 6.40. The van der Waals surface area contributed by atoms with Gasteiger partial charge in [-0.25, -0.2) is 9.78 Å². The van der Waals surface area contributed by atoms with Crippen LogP contribution in [0.4, 0.5) is 10.6 Å². The van der Waals surface area contributed by atoms with Gasteiger partial charge in [-0.2, -0.15) is 0 Å². The molecule has 0 aliphatic carbocycles. The van der Waals surface area contributed by atoms with Gasteiger partial charge in [0.1, 0.15) is 11.4 Å². The molecule has 0 saturated heterocycles. The van der Waals surface area contributed by atoms with E-state index in [4.69, 9.17) is 4.74 Å². The maximum Gasteiger partial charge on any atom is 0.413 e. The van der Waals surface area contributed by atoms with Gasteiger partial charge in [-0.1, -0.05) is 6.92 Å². The van der Waals surface area contributed by atoms with Gasteiger partial charge in [0.05, 0.1) is 0 Å². The first kappa shape index (κ1) is 18.9. The Bertz CT molecular complexity index is 707. The van der Waals surface area contributed by atoms with E-state index in [2.05, 4.69) is 38.5 Å². The number of hydrogen-bond acceptors (Lipinski definition) is 4. The van der Waals surface area contributed by atoms with E-state index in [-0.39, 0.29) is 0 Å². The number of thiophene rings is 1. The zero-order chi connectivity index (χ0) is 17.7. The molecule has 0 aromatic carbocycles. The normalized spacial score (nSPS) is 11.4. The van der Waals surface area contributed by atoms with E-state index < -0.39 is 11.7 Å². The summed E-state index contributed by atoms with van der Waals surface area (Å²) in [6, 6.07) is 3.87. The van der Waals surface area contributed by atoms with Gasteiger partial charge in [-0.15, -0.1) is 11.3 Å². The summed E-state index contributed by atoms with van der Waals surface area (Å²) in [7, 11) is 0. The molecular formula is C18H23BrN2O2S. The summed E-state index contributed by atoms with van der Waals surface area (Å²) in [5, 5.41) is 4.89. The summed E-state index contributed by atoms with van der Waals surface area (Å²) < 4.78 is 6.48. The lowest BCUT2D eigenvalue weighted by Gasteiger charge is -2.19. The van der Waals surface area contributed by atoms with Crippen LogP contribution in [0, 0.1) is 0 Å². The third-order valence-electron chi connectivity index (χ3n) is 3.35. The third kappa shape index (κ3) is 5.60. The van der Waals surface area contributed by atoms with Crippen molar-refractivity contribution in [2.75, 3.05) is 5.32 Å². The highest BCUT2D eigenvalue weighted by atomic mass is 79.9. The minimum atomic E-state index is -0.524. The number of halogens is 1. The molecule has 6 heteroatoms. The molecule has 2 rings (SSSR count). The standard InChI is InChI=1S/C18H23BrN2O2S/c1-5-13-11-24-14(16(13)19)7-6-12-8-9-20-15(10-12)21-17(22)23-18(2,3)4/h8-11H,5-7H2,1-4H3,(H,20,21,22). The van der Waals surface area contributed by atoms with Gasteiger partial charge in [0, 0.05) is 15.5 Å². The Morgan fingerprint density at radius 3 is 2.75 bits per heavy atom. The predicted octanol–water partition coefficient (Wildman–Crippen LogP) is 5.60. The Hall–Kier alpha value is -1.40. The van der Waals surface area contributed by atoms with Crippen LogP contribution in [-0.4, -0.2) is 16.7 Å². The van der Waals surface area contributed by atoms with Crippen LogP contribution in [0.15, 0.2) is 28.2 Å². The first-order valence-electron chi connectivity index (χ1n) is 7.98. The van der Waals surface area contributed by atoms with Crippen molar-refractivity contribution in [2.24, 2.45) is 0 Å². The van der Waals surface area contributed by atoms with Crippen molar-refractivity contribution in [2.45, 2.75) is 52.6 Å². The molecule has 2 aromatic rings. The van der Waals surface area contributed by atoms with Crippen LogP contribution < -0.4 is 5.32 Å². The van der Waals surface area contributed by atoms with E-state index in [1.54, 1.807) is 17.5 Å². The summed E-state index contributed by atoms with van der Waals surface area (Å²) in [5.74, 6) is 0.515. The van der Waals surface area contributed by atoms with Crippen LogP contribution >= 0.6 is 27.3 Å². The molecule has 0 fully saturated rings. The topological polar surface area (TPSA) is 51.2 Å². The first-order chi connectivity index (χ1) is 11.3. The van der Waals surface area contributed by atoms with Gasteiger partial charge in [0.2, 0.25) is 0 Å². The third-order valence-corrected chi connectivity index (χ3v) is 5.69. The number of aryl methyl sites for hydroxylation is 3. The number of nitrogens with zero attached hydrogens (tertiary/aromatic N) is 1. The maximum atomic E-state index is 11.8. The molecule has 0 radical (unpaired) electrons. The Morgan fingerprint density at radius 2 is 2.12 bits per heavy atom. The lowest BCUT2D eigenvalue weighted by molar-refractivity contribution is 0.0635. The number of pyridine rings is 1. The number of nitrogens with one attached hydrogen (secondary N) is 1. The lowest BCUT2D eigenvalue weighted by atomic mass is 10.1. The second-order valence-electron chi connectivity index (χ2n) is 6.53. The van der Waals surface area contributed by atoms with E-state index in [1.807, 2.05) is 32.9 Å². The minimum absolute atomic E-state index is 0.485. The van der Waals surface area contributed by atoms with Crippen LogP contribution in [0.25, 0.3) is 0 Å². The second-order valence-corrected chi connectivity index (χ2v) is 8.29. The average Bonchev–Trinajstić information content (AvgIpc) is 2.83. The number of amides is 1. The van der Waals surface area contributed by atoms with E-state index in [1.165, 1.54) is 14.9 Å². The van der Waals surface area contributed by atoms with Gasteiger partial charge in [0.15, 0.2) is 0 Å².